The molecule has 6 nitrogen and oxygen atoms in total. The number of aromatic nitrogens is 3. The molecule has 2 aromatic heterocycles. The lowest BCUT2D eigenvalue weighted by atomic mass is 10.1. The number of hydrogen-bond acceptors (Lipinski definition) is 8. The molecule has 3 heterocycles. The summed E-state index contributed by atoms with van der Waals surface area (Å²) < 4.78 is 2.09. The summed E-state index contributed by atoms with van der Waals surface area (Å²) >= 11 is 3.30. The van der Waals surface area contributed by atoms with Gasteiger partial charge in [-0.1, -0.05) is 11.8 Å². The molecule has 1 unspecified atom stereocenters. The molecular formula is C15H23N5OS2. The minimum Gasteiger partial charge on any atom is -0.389 e. The van der Waals surface area contributed by atoms with Crippen molar-refractivity contribution in [1.29, 1.82) is 0 Å². The van der Waals surface area contributed by atoms with Crippen LogP contribution in [0.1, 0.15) is 20.8 Å². The minimum atomic E-state index is -0.658. The van der Waals surface area contributed by atoms with Crippen LogP contribution < -0.4 is 4.90 Å². The van der Waals surface area contributed by atoms with Gasteiger partial charge < -0.3 is 10.0 Å². The summed E-state index contributed by atoms with van der Waals surface area (Å²) in [6.45, 7) is 9.37. The van der Waals surface area contributed by atoms with E-state index in [9.17, 15) is 5.11 Å². The summed E-state index contributed by atoms with van der Waals surface area (Å²) in [5.41, 5.74) is 0.130. The van der Waals surface area contributed by atoms with E-state index < -0.39 is 5.60 Å². The van der Waals surface area contributed by atoms with Gasteiger partial charge in [-0.2, -0.15) is 0 Å². The summed E-state index contributed by atoms with van der Waals surface area (Å²) in [6.07, 6.45) is 3.64. The Morgan fingerprint density at radius 2 is 2.17 bits per heavy atom. The van der Waals surface area contributed by atoms with Gasteiger partial charge in [0.05, 0.1) is 5.60 Å². The predicted molar refractivity (Wildman–Crippen MR) is 96.5 cm³/mol. The van der Waals surface area contributed by atoms with E-state index in [0.717, 1.165) is 40.1 Å². The van der Waals surface area contributed by atoms with Crippen molar-refractivity contribution in [3.8, 4) is 0 Å². The van der Waals surface area contributed by atoms with E-state index in [1.165, 1.54) is 0 Å². The topological polar surface area (TPSA) is 65.4 Å². The predicted octanol–water partition coefficient (Wildman–Crippen LogP) is 2.09. The molecule has 0 spiro atoms. The van der Waals surface area contributed by atoms with E-state index in [1.807, 2.05) is 20.1 Å². The second-order valence-corrected chi connectivity index (χ2v) is 8.68. The molecule has 126 valence electrons. The van der Waals surface area contributed by atoms with Gasteiger partial charge in [0.2, 0.25) is 0 Å². The number of thiazole rings is 1. The van der Waals surface area contributed by atoms with Crippen molar-refractivity contribution in [2.45, 2.75) is 36.8 Å². The van der Waals surface area contributed by atoms with Gasteiger partial charge in [-0.15, -0.1) is 11.3 Å². The molecule has 0 radical (unpaired) electrons. The third-order valence-electron chi connectivity index (χ3n) is 3.92. The first-order valence-corrected chi connectivity index (χ1v) is 9.78. The average Bonchev–Trinajstić information content (AvgIpc) is 2.89. The Bertz CT molecular complexity index is 684. The van der Waals surface area contributed by atoms with Crippen LogP contribution in [-0.2, 0) is 0 Å². The monoisotopic (exact) mass is 353 g/mol. The fraction of sp³-hybridized carbons (Fsp3) is 0.667. The van der Waals surface area contributed by atoms with Crippen LogP contribution in [0.25, 0.3) is 10.3 Å². The standard InChI is InChI=1S/C15H23N5OS2/c1-10-7-19(8-15(2,3)21)5-6-20(10)13-11-12(16-9-17-13)18-14(22-4)23-11/h9-10,21H,5-8H2,1-4H3. The maximum absolute atomic E-state index is 10.0. The van der Waals surface area contributed by atoms with E-state index in [2.05, 4.69) is 31.7 Å². The lowest BCUT2D eigenvalue weighted by Crippen LogP contribution is -2.55. The fourth-order valence-electron chi connectivity index (χ4n) is 3.05. The van der Waals surface area contributed by atoms with Gasteiger partial charge in [0.25, 0.3) is 0 Å². The van der Waals surface area contributed by atoms with E-state index in [0.29, 0.717) is 12.6 Å². The van der Waals surface area contributed by atoms with Crippen molar-refractivity contribution < 1.29 is 5.11 Å². The Morgan fingerprint density at radius 1 is 1.39 bits per heavy atom. The second kappa shape index (κ2) is 6.51. The van der Waals surface area contributed by atoms with E-state index in [4.69, 9.17) is 0 Å². The molecule has 0 aliphatic carbocycles. The van der Waals surface area contributed by atoms with Crippen LogP contribution in [0.5, 0.6) is 0 Å². The summed E-state index contributed by atoms with van der Waals surface area (Å²) in [6, 6.07) is 0.337. The van der Waals surface area contributed by atoms with Crippen molar-refractivity contribution in [3.63, 3.8) is 0 Å². The maximum atomic E-state index is 10.0. The first-order chi connectivity index (χ1) is 10.9. The fourth-order valence-corrected chi connectivity index (χ4v) is 4.57. The molecule has 0 aromatic carbocycles. The molecule has 1 fully saturated rings. The molecule has 1 aliphatic heterocycles. The number of piperazine rings is 1. The molecule has 8 heteroatoms. The van der Waals surface area contributed by atoms with Gasteiger partial charge in [0, 0.05) is 32.2 Å². The van der Waals surface area contributed by atoms with Crippen LogP contribution in [0.3, 0.4) is 0 Å². The summed E-state index contributed by atoms with van der Waals surface area (Å²) in [4.78, 5) is 18.0. The number of β-amino-alcohol motifs (C(OH)–C–C–N with tert-alkyl or cyclic N) is 1. The summed E-state index contributed by atoms with van der Waals surface area (Å²) in [7, 11) is 0. The molecule has 0 bridgehead atoms. The van der Waals surface area contributed by atoms with Crippen LogP contribution in [0.15, 0.2) is 10.7 Å². The van der Waals surface area contributed by atoms with Crippen LogP contribution in [0.4, 0.5) is 5.82 Å². The Labute approximate surface area is 144 Å². The summed E-state index contributed by atoms with van der Waals surface area (Å²) in [5.74, 6) is 0.989. The molecule has 3 rings (SSSR count). The van der Waals surface area contributed by atoms with Gasteiger partial charge >= 0.3 is 0 Å². The van der Waals surface area contributed by atoms with Crippen LogP contribution in [0.2, 0.25) is 0 Å². The maximum Gasteiger partial charge on any atom is 0.176 e. The number of thioether (sulfide) groups is 1. The van der Waals surface area contributed by atoms with Crippen LogP contribution in [-0.4, -0.2) is 69.0 Å². The highest BCUT2D eigenvalue weighted by Gasteiger charge is 2.29. The quantitative estimate of drug-likeness (QED) is 0.844. The van der Waals surface area contributed by atoms with Gasteiger partial charge in [-0.25, -0.2) is 15.0 Å². The van der Waals surface area contributed by atoms with Crippen molar-refractivity contribution in [2.24, 2.45) is 0 Å². The van der Waals surface area contributed by atoms with Gasteiger partial charge in [0.15, 0.2) is 15.8 Å². The lowest BCUT2D eigenvalue weighted by molar-refractivity contribution is 0.0307. The first-order valence-electron chi connectivity index (χ1n) is 7.74. The van der Waals surface area contributed by atoms with Crippen LogP contribution in [0, 0.1) is 0 Å². The number of anilines is 1. The molecule has 1 saturated heterocycles. The minimum absolute atomic E-state index is 0.337. The molecule has 1 N–H and O–H groups in total. The number of aliphatic hydroxyl groups is 1. The van der Waals surface area contributed by atoms with Gasteiger partial charge in [-0.3, -0.25) is 4.90 Å². The second-order valence-electron chi connectivity index (χ2n) is 6.62. The molecule has 23 heavy (non-hydrogen) atoms. The zero-order chi connectivity index (χ0) is 16.6. The third kappa shape index (κ3) is 3.76. The SMILES string of the molecule is CSc1nc2ncnc(N3CCN(CC(C)(C)O)CC3C)c2s1. The Morgan fingerprint density at radius 3 is 2.83 bits per heavy atom. The van der Waals surface area contributed by atoms with Crippen LogP contribution >= 0.6 is 23.1 Å². The first kappa shape index (κ1) is 16.9. The number of fused-ring (bicyclic) bond motifs is 1. The van der Waals surface area contributed by atoms with Gasteiger partial charge in [0.1, 0.15) is 11.0 Å². The Kier molecular flexibility index (Phi) is 4.78. The van der Waals surface area contributed by atoms with E-state index in [1.54, 1.807) is 29.4 Å². The van der Waals surface area contributed by atoms with Crippen molar-refractivity contribution in [1.82, 2.24) is 19.9 Å². The van der Waals surface area contributed by atoms with E-state index >= 15 is 0 Å². The Balaban J connectivity index is 1.82. The Hall–Kier alpha value is -0.960. The molecule has 1 aliphatic rings. The molecule has 2 aromatic rings. The number of nitrogens with zero attached hydrogens (tertiary/aromatic N) is 5. The molecular weight excluding hydrogens is 330 g/mol. The van der Waals surface area contributed by atoms with Crippen molar-refractivity contribution >= 4 is 39.3 Å². The van der Waals surface area contributed by atoms with Crippen molar-refractivity contribution in [3.05, 3.63) is 6.33 Å². The highest BCUT2D eigenvalue weighted by Crippen LogP contribution is 2.34. The summed E-state index contributed by atoms with van der Waals surface area (Å²) in [5, 5.41) is 10.0. The lowest BCUT2D eigenvalue weighted by Gasteiger charge is -2.42. The van der Waals surface area contributed by atoms with Gasteiger partial charge in [-0.05, 0) is 27.0 Å². The molecule has 0 amide bonds. The highest BCUT2D eigenvalue weighted by molar-refractivity contribution is 8.00. The number of rotatable bonds is 4. The zero-order valence-electron chi connectivity index (χ0n) is 14.0. The third-order valence-corrected chi connectivity index (χ3v) is 5.95. The van der Waals surface area contributed by atoms with E-state index in [-0.39, 0.29) is 0 Å². The average molecular weight is 354 g/mol. The zero-order valence-corrected chi connectivity index (χ0v) is 15.6. The molecule has 0 saturated carbocycles. The highest BCUT2D eigenvalue weighted by atomic mass is 32.2. The molecule has 1 atom stereocenters. The normalized spacial score (nSPS) is 20.4. The largest absolute Gasteiger partial charge is 0.389 e. The number of hydrogen-bond donors (Lipinski definition) is 1. The smallest absolute Gasteiger partial charge is 0.176 e. The van der Waals surface area contributed by atoms with Crippen molar-refractivity contribution in [2.75, 3.05) is 37.3 Å².